The highest BCUT2D eigenvalue weighted by atomic mass is 16.5. The highest BCUT2D eigenvalue weighted by Gasteiger charge is 2.07. The lowest BCUT2D eigenvalue weighted by Crippen LogP contribution is -2.24. The summed E-state index contributed by atoms with van der Waals surface area (Å²) >= 11 is 0. The van der Waals surface area contributed by atoms with Gasteiger partial charge in [-0.2, -0.15) is 0 Å². The fraction of sp³-hybridized carbons (Fsp3) is 0.333. The number of nitrogens with one attached hydrogen (secondary N) is 1. The van der Waals surface area contributed by atoms with Crippen LogP contribution in [0, 0.1) is 13.8 Å². The van der Waals surface area contributed by atoms with Gasteiger partial charge in [-0.3, -0.25) is 4.79 Å². The number of benzene rings is 1. The van der Waals surface area contributed by atoms with Crippen molar-refractivity contribution in [1.29, 1.82) is 0 Å². The molecule has 0 radical (unpaired) electrons. The third kappa shape index (κ3) is 4.98. The number of amides is 1. The number of nitrogens with zero attached hydrogens (tertiary/aromatic N) is 1. The van der Waals surface area contributed by atoms with E-state index in [1.807, 2.05) is 44.2 Å². The number of ether oxygens (including phenoxy) is 2. The third-order valence-corrected chi connectivity index (χ3v) is 3.45. The lowest BCUT2D eigenvalue weighted by molar-refractivity contribution is -0.121. The number of carbonyl (C=O) groups excluding carboxylic acids is 1. The number of carbonyl (C=O) groups is 1. The summed E-state index contributed by atoms with van der Waals surface area (Å²) in [6, 6.07) is 9.72. The molecule has 0 aliphatic carbocycles. The van der Waals surface area contributed by atoms with Crippen LogP contribution < -0.4 is 14.8 Å². The molecule has 23 heavy (non-hydrogen) atoms. The van der Waals surface area contributed by atoms with E-state index in [2.05, 4.69) is 10.3 Å². The summed E-state index contributed by atoms with van der Waals surface area (Å²) in [5.41, 5.74) is 3.05. The molecular formula is C18H22N2O3. The van der Waals surface area contributed by atoms with Crippen LogP contribution >= 0.6 is 0 Å². The van der Waals surface area contributed by atoms with E-state index in [1.54, 1.807) is 13.3 Å². The lowest BCUT2D eigenvalue weighted by Gasteiger charge is -2.11. The zero-order valence-electron chi connectivity index (χ0n) is 13.8. The average molecular weight is 314 g/mol. The maximum atomic E-state index is 11.9. The summed E-state index contributed by atoms with van der Waals surface area (Å²) in [5, 5.41) is 2.85. The van der Waals surface area contributed by atoms with E-state index < -0.39 is 0 Å². The number of rotatable bonds is 7. The van der Waals surface area contributed by atoms with Gasteiger partial charge in [-0.05, 0) is 37.1 Å². The van der Waals surface area contributed by atoms with Crippen LogP contribution in [0.4, 0.5) is 0 Å². The van der Waals surface area contributed by atoms with Crippen molar-refractivity contribution in [1.82, 2.24) is 10.3 Å². The van der Waals surface area contributed by atoms with Gasteiger partial charge < -0.3 is 14.8 Å². The van der Waals surface area contributed by atoms with Gasteiger partial charge in [-0.25, -0.2) is 4.98 Å². The monoisotopic (exact) mass is 314 g/mol. The first kappa shape index (κ1) is 16.8. The fourth-order valence-electron chi connectivity index (χ4n) is 2.14. The number of hydrogen-bond donors (Lipinski definition) is 1. The molecule has 1 heterocycles. The zero-order valence-corrected chi connectivity index (χ0v) is 13.8. The van der Waals surface area contributed by atoms with Crippen LogP contribution in [-0.4, -0.2) is 24.6 Å². The van der Waals surface area contributed by atoms with E-state index >= 15 is 0 Å². The largest absolute Gasteiger partial charge is 0.493 e. The van der Waals surface area contributed by atoms with E-state index in [0.717, 1.165) is 22.4 Å². The van der Waals surface area contributed by atoms with Gasteiger partial charge in [-0.15, -0.1) is 0 Å². The summed E-state index contributed by atoms with van der Waals surface area (Å²) < 4.78 is 10.8. The first-order valence-corrected chi connectivity index (χ1v) is 7.55. The minimum Gasteiger partial charge on any atom is -0.493 e. The second-order valence-electron chi connectivity index (χ2n) is 5.32. The Labute approximate surface area is 136 Å². The van der Waals surface area contributed by atoms with Crippen LogP contribution in [0.25, 0.3) is 0 Å². The van der Waals surface area contributed by atoms with Crippen molar-refractivity contribution in [2.24, 2.45) is 0 Å². The Bertz CT molecular complexity index is 671. The molecule has 0 fully saturated rings. The maximum Gasteiger partial charge on any atom is 0.223 e. The molecule has 1 N–H and O–H groups in total. The standard InChI is InChI=1S/C18H22N2O3/c1-13-6-7-14(2)16(11-13)23-10-8-17(21)20-12-15-5-4-9-19-18(15)22-3/h4-7,9,11H,8,10,12H2,1-3H3,(H,20,21). The van der Waals surface area contributed by atoms with Gasteiger partial charge in [0.25, 0.3) is 0 Å². The molecule has 1 aromatic heterocycles. The molecule has 5 nitrogen and oxygen atoms in total. The van der Waals surface area contributed by atoms with E-state index in [-0.39, 0.29) is 5.91 Å². The SMILES string of the molecule is COc1ncccc1CNC(=O)CCOc1cc(C)ccc1C. The van der Waals surface area contributed by atoms with Crippen molar-refractivity contribution in [3.63, 3.8) is 0 Å². The molecule has 0 saturated heterocycles. The average Bonchev–Trinajstić information content (AvgIpc) is 2.56. The van der Waals surface area contributed by atoms with Crippen molar-refractivity contribution in [3.05, 3.63) is 53.2 Å². The number of aryl methyl sites for hydroxylation is 2. The Kier molecular flexibility index (Phi) is 5.97. The first-order valence-electron chi connectivity index (χ1n) is 7.55. The van der Waals surface area contributed by atoms with E-state index in [9.17, 15) is 4.79 Å². The van der Waals surface area contributed by atoms with Crippen molar-refractivity contribution in [3.8, 4) is 11.6 Å². The second-order valence-corrected chi connectivity index (χ2v) is 5.32. The molecule has 0 bridgehead atoms. The molecule has 0 aliphatic rings. The predicted molar refractivity (Wildman–Crippen MR) is 88.7 cm³/mol. The van der Waals surface area contributed by atoms with Crippen molar-refractivity contribution in [2.75, 3.05) is 13.7 Å². The Morgan fingerprint density at radius 1 is 1.26 bits per heavy atom. The van der Waals surface area contributed by atoms with Gasteiger partial charge in [0.15, 0.2) is 0 Å². The Balaban J connectivity index is 1.78. The molecule has 0 aliphatic heterocycles. The molecule has 2 aromatic rings. The van der Waals surface area contributed by atoms with Crippen molar-refractivity contribution < 1.29 is 14.3 Å². The fourth-order valence-corrected chi connectivity index (χ4v) is 2.14. The molecule has 1 amide bonds. The molecule has 0 unspecified atom stereocenters. The van der Waals surface area contributed by atoms with Gasteiger partial charge in [0.2, 0.25) is 11.8 Å². The van der Waals surface area contributed by atoms with Gasteiger partial charge in [-0.1, -0.05) is 18.2 Å². The number of aromatic nitrogens is 1. The van der Waals surface area contributed by atoms with Crippen LogP contribution in [0.3, 0.4) is 0 Å². The molecule has 0 spiro atoms. The highest BCUT2D eigenvalue weighted by Crippen LogP contribution is 2.19. The van der Waals surface area contributed by atoms with Gasteiger partial charge in [0.05, 0.1) is 20.1 Å². The smallest absolute Gasteiger partial charge is 0.223 e. The number of methoxy groups -OCH3 is 1. The topological polar surface area (TPSA) is 60.5 Å². The van der Waals surface area contributed by atoms with Crippen LogP contribution in [0.1, 0.15) is 23.1 Å². The summed E-state index contributed by atoms with van der Waals surface area (Å²) in [4.78, 5) is 16.0. The van der Waals surface area contributed by atoms with Gasteiger partial charge in [0, 0.05) is 18.3 Å². The number of hydrogen-bond acceptors (Lipinski definition) is 4. The maximum absolute atomic E-state index is 11.9. The summed E-state index contributed by atoms with van der Waals surface area (Å²) in [5.74, 6) is 1.28. The third-order valence-electron chi connectivity index (χ3n) is 3.45. The second kappa shape index (κ2) is 8.17. The van der Waals surface area contributed by atoms with Crippen LogP contribution in [-0.2, 0) is 11.3 Å². The summed E-state index contributed by atoms with van der Waals surface area (Å²) in [6.07, 6.45) is 1.96. The predicted octanol–water partition coefficient (Wildman–Crippen LogP) is 2.79. The molecule has 5 heteroatoms. The lowest BCUT2D eigenvalue weighted by atomic mass is 10.1. The van der Waals surface area contributed by atoms with Crippen molar-refractivity contribution >= 4 is 5.91 Å². The molecule has 1 aromatic carbocycles. The van der Waals surface area contributed by atoms with Gasteiger partial charge >= 0.3 is 0 Å². The zero-order chi connectivity index (χ0) is 16.7. The van der Waals surface area contributed by atoms with Gasteiger partial charge in [0.1, 0.15) is 5.75 Å². The summed E-state index contributed by atoms with van der Waals surface area (Å²) in [7, 11) is 1.56. The highest BCUT2D eigenvalue weighted by molar-refractivity contribution is 5.76. The number of pyridine rings is 1. The van der Waals surface area contributed by atoms with Crippen LogP contribution in [0.15, 0.2) is 36.5 Å². The molecule has 122 valence electrons. The molecule has 0 atom stereocenters. The quantitative estimate of drug-likeness (QED) is 0.853. The normalized spacial score (nSPS) is 10.2. The minimum atomic E-state index is -0.0683. The molecule has 2 rings (SSSR count). The Hall–Kier alpha value is -2.56. The van der Waals surface area contributed by atoms with E-state index in [1.165, 1.54) is 0 Å². The Morgan fingerprint density at radius 2 is 2.09 bits per heavy atom. The Morgan fingerprint density at radius 3 is 2.87 bits per heavy atom. The van der Waals surface area contributed by atoms with E-state index in [4.69, 9.17) is 9.47 Å². The van der Waals surface area contributed by atoms with Crippen LogP contribution in [0.5, 0.6) is 11.6 Å². The molecular weight excluding hydrogens is 292 g/mol. The van der Waals surface area contributed by atoms with Crippen LogP contribution in [0.2, 0.25) is 0 Å². The summed E-state index contributed by atoms with van der Waals surface area (Å²) in [6.45, 7) is 4.74. The first-order chi connectivity index (χ1) is 11.1. The van der Waals surface area contributed by atoms with Crippen molar-refractivity contribution in [2.45, 2.75) is 26.8 Å². The van der Waals surface area contributed by atoms with E-state index in [0.29, 0.717) is 25.5 Å². The molecule has 0 saturated carbocycles. The minimum absolute atomic E-state index is 0.0683.